The minimum Gasteiger partial charge on any atom is -0.382 e. The van der Waals surface area contributed by atoms with E-state index in [0.29, 0.717) is 31.9 Å². The molecule has 1 amide bonds. The molecule has 1 heterocycles. The van der Waals surface area contributed by atoms with E-state index in [-0.39, 0.29) is 5.57 Å². The van der Waals surface area contributed by atoms with E-state index in [2.05, 4.69) is 15.5 Å². The van der Waals surface area contributed by atoms with E-state index in [0.717, 1.165) is 5.69 Å². The van der Waals surface area contributed by atoms with E-state index < -0.39 is 5.91 Å². The molecular formula is C17H19N5O2. The van der Waals surface area contributed by atoms with Crippen molar-refractivity contribution >= 4 is 12.0 Å². The van der Waals surface area contributed by atoms with Gasteiger partial charge in [0.1, 0.15) is 17.3 Å². The molecule has 7 nitrogen and oxygen atoms in total. The summed E-state index contributed by atoms with van der Waals surface area (Å²) < 4.78 is 5.19. The number of hydrogen-bond donors (Lipinski definition) is 1. The van der Waals surface area contributed by atoms with Crippen LogP contribution in [-0.4, -0.2) is 40.7 Å². The van der Waals surface area contributed by atoms with Crippen molar-refractivity contribution in [2.24, 2.45) is 0 Å². The summed E-state index contributed by atoms with van der Waals surface area (Å²) >= 11 is 0. The van der Waals surface area contributed by atoms with Crippen LogP contribution in [0.4, 0.5) is 0 Å². The lowest BCUT2D eigenvalue weighted by Gasteiger charge is -2.04. The summed E-state index contributed by atoms with van der Waals surface area (Å²) in [5, 5.41) is 20.2. The second-order valence-corrected chi connectivity index (χ2v) is 4.87. The number of aromatic nitrogens is 3. The van der Waals surface area contributed by atoms with Gasteiger partial charge in [0.15, 0.2) is 0 Å². The van der Waals surface area contributed by atoms with Crippen LogP contribution in [0.15, 0.2) is 42.1 Å². The van der Waals surface area contributed by atoms with Crippen LogP contribution < -0.4 is 5.32 Å². The first-order valence-corrected chi connectivity index (χ1v) is 7.70. The number of nitrogens with one attached hydrogen (secondary N) is 1. The highest BCUT2D eigenvalue weighted by molar-refractivity contribution is 6.01. The number of benzene rings is 1. The smallest absolute Gasteiger partial charge is 0.262 e. The van der Waals surface area contributed by atoms with E-state index in [1.807, 2.05) is 43.3 Å². The van der Waals surface area contributed by atoms with E-state index in [1.54, 1.807) is 0 Å². The van der Waals surface area contributed by atoms with Crippen LogP contribution in [0.3, 0.4) is 0 Å². The minimum atomic E-state index is -0.428. The zero-order valence-corrected chi connectivity index (χ0v) is 13.5. The largest absolute Gasteiger partial charge is 0.382 e. The predicted molar refractivity (Wildman–Crippen MR) is 89.1 cm³/mol. The zero-order chi connectivity index (χ0) is 17.2. The van der Waals surface area contributed by atoms with Gasteiger partial charge in [0, 0.05) is 19.8 Å². The molecule has 0 bridgehead atoms. The number of nitrogens with zero attached hydrogens (tertiary/aromatic N) is 4. The van der Waals surface area contributed by atoms with Crippen molar-refractivity contribution in [2.45, 2.75) is 13.3 Å². The van der Waals surface area contributed by atoms with Crippen LogP contribution >= 0.6 is 0 Å². The first-order valence-electron chi connectivity index (χ1n) is 7.70. The van der Waals surface area contributed by atoms with Crippen LogP contribution in [0, 0.1) is 11.3 Å². The third-order valence-electron chi connectivity index (χ3n) is 3.11. The molecule has 0 spiro atoms. The fourth-order valence-electron chi connectivity index (χ4n) is 1.94. The second kappa shape index (κ2) is 9.22. The molecule has 0 unspecified atom stereocenters. The topological polar surface area (TPSA) is 92.8 Å². The van der Waals surface area contributed by atoms with Gasteiger partial charge in [0.2, 0.25) is 0 Å². The lowest BCUT2D eigenvalue weighted by atomic mass is 10.2. The van der Waals surface area contributed by atoms with Gasteiger partial charge in [-0.2, -0.15) is 15.2 Å². The van der Waals surface area contributed by atoms with Crippen molar-refractivity contribution in [3.8, 4) is 11.8 Å². The first-order chi connectivity index (χ1) is 11.7. The summed E-state index contributed by atoms with van der Waals surface area (Å²) in [6, 6.07) is 11.3. The molecule has 124 valence electrons. The molecular weight excluding hydrogens is 306 g/mol. The number of carbonyl (C=O) groups excluding carboxylic acids is 1. The molecule has 1 aromatic carbocycles. The average molecular weight is 325 g/mol. The first kappa shape index (κ1) is 17.4. The summed E-state index contributed by atoms with van der Waals surface area (Å²) in [4.78, 5) is 13.4. The van der Waals surface area contributed by atoms with Gasteiger partial charge in [-0.3, -0.25) is 4.79 Å². The summed E-state index contributed by atoms with van der Waals surface area (Å²) in [6.07, 6.45) is 3.62. The summed E-state index contributed by atoms with van der Waals surface area (Å²) in [5.74, 6) is -0.428. The van der Waals surface area contributed by atoms with Crippen LogP contribution in [-0.2, 0) is 9.53 Å². The zero-order valence-electron chi connectivity index (χ0n) is 13.5. The maximum absolute atomic E-state index is 12.0. The molecule has 0 aliphatic rings. The highest BCUT2D eigenvalue weighted by Crippen LogP contribution is 2.07. The van der Waals surface area contributed by atoms with Crippen molar-refractivity contribution in [1.82, 2.24) is 20.3 Å². The van der Waals surface area contributed by atoms with Crippen LogP contribution in [0.5, 0.6) is 0 Å². The lowest BCUT2D eigenvalue weighted by Crippen LogP contribution is -2.26. The van der Waals surface area contributed by atoms with Crippen LogP contribution in [0.1, 0.15) is 19.0 Å². The Hall–Kier alpha value is -2.98. The molecule has 0 aliphatic carbocycles. The molecule has 0 radical (unpaired) electrons. The number of nitriles is 1. The normalized spacial score (nSPS) is 11.1. The van der Waals surface area contributed by atoms with Gasteiger partial charge in [0.05, 0.1) is 11.9 Å². The number of rotatable bonds is 8. The average Bonchev–Trinajstić information content (AvgIpc) is 3.08. The van der Waals surface area contributed by atoms with Crippen molar-refractivity contribution in [3.05, 3.63) is 47.8 Å². The lowest BCUT2D eigenvalue weighted by molar-refractivity contribution is -0.117. The van der Waals surface area contributed by atoms with Crippen molar-refractivity contribution in [3.63, 3.8) is 0 Å². The highest BCUT2D eigenvalue weighted by atomic mass is 16.5. The fourth-order valence-corrected chi connectivity index (χ4v) is 1.94. The fraction of sp³-hybridized carbons (Fsp3) is 0.294. The summed E-state index contributed by atoms with van der Waals surface area (Å²) in [6.45, 7) is 3.59. The van der Waals surface area contributed by atoms with E-state index in [1.165, 1.54) is 17.1 Å². The Morgan fingerprint density at radius 3 is 2.92 bits per heavy atom. The molecule has 0 saturated heterocycles. The molecule has 24 heavy (non-hydrogen) atoms. The molecule has 2 aromatic rings. The quantitative estimate of drug-likeness (QED) is 0.453. The van der Waals surface area contributed by atoms with E-state index in [9.17, 15) is 4.79 Å². The predicted octanol–water partition coefficient (Wildman–Crippen LogP) is 1.72. The minimum absolute atomic E-state index is 0.00785. The van der Waals surface area contributed by atoms with Crippen molar-refractivity contribution < 1.29 is 9.53 Å². The maximum atomic E-state index is 12.0. The Morgan fingerprint density at radius 1 is 1.42 bits per heavy atom. The van der Waals surface area contributed by atoms with E-state index in [4.69, 9.17) is 10.00 Å². The summed E-state index contributed by atoms with van der Waals surface area (Å²) in [7, 11) is 0. The summed E-state index contributed by atoms with van der Waals surface area (Å²) in [5.41, 5.74) is 1.24. The Kier molecular flexibility index (Phi) is 6.68. The molecule has 0 atom stereocenters. The van der Waals surface area contributed by atoms with Gasteiger partial charge in [-0.05, 0) is 31.6 Å². The molecule has 1 aromatic heterocycles. The van der Waals surface area contributed by atoms with Gasteiger partial charge in [-0.1, -0.05) is 18.2 Å². The molecule has 0 fully saturated rings. The maximum Gasteiger partial charge on any atom is 0.262 e. The van der Waals surface area contributed by atoms with E-state index >= 15 is 0 Å². The monoisotopic (exact) mass is 325 g/mol. The Labute approximate surface area is 140 Å². The molecule has 2 rings (SSSR count). The highest BCUT2D eigenvalue weighted by Gasteiger charge is 2.10. The number of ether oxygens (including phenoxy) is 1. The van der Waals surface area contributed by atoms with Gasteiger partial charge < -0.3 is 10.1 Å². The number of para-hydroxylation sites is 1. The van der Waals surface area contributed by atoms with Gasteiger partial charge in [-0.15, -0.1) is 5.10 Å². The Morgan fingerprint density at radius 2 is 2.21 bits per heavy atom. The van der Waals surface area contributed by atoms with Crippen LogP contribution in [0.25, 0.3) is 11.8 Å². The Bertz CT molecular complexity index is 731. The third-order valence-corrected chi connectivity index (χ3v) is 3.11. The van der Waals surface area contributed by atoms with Gasteiger partial charge in [0.25, 0.3) is 5.91 Å². The van der Waals surface area contributed by atoms with Crippen molar-refractivity contribution in [2.75, 3.05) is 19.8 Å². The van der Waals surface area contributed by atoms with Crippen molar-refractivity contribution in [1.29, 1.82) is 5.26 Å². The Balaban J connectivity index is 1.99. The number of carbonyl (C=O) groups is 1. The van der Waals surface area contributed by atoms with Crippen LogP contribution in [0.2, 0.25) is 0 Å². The van der Waals surface area contributed by atoms with Gasteiger partial charge >= 0.3 is 0 Å². The molecule has 1 N–H and O–H groups in total. The molecule has 0 saturated carbocycles. The third kappa shape index (κ3) is 5.04. The van der Waals surface area contributed by atoms with Gasteiger partial charge in [-0.25, -0.2) is 0 Å². The molecule has 0 aliphatic heterocycles. The number of hydrogen-bond acceptors (Lipinski definition) is 5. The number of amides is 1. The molecule has 7 heteroatoms. The SMILES string of the molecule is CCOCCCNC(=O)C(C#N)=Cc1cnn(-c2ccccc2)n1. The second-order valence-electron chi connectivity index (χ2n) is 4.87. The standard InChI is InChI=1S/C17H19N5O2/c1-2-24-10-6-9-19-17(23)14(12-18)11-15-13-20-22(21-15)16-7-4-3-5-8-16/h3-5,7-8,11,13H,2,6,9-10H2,1H3,(H,19,23).